The molecule has 9 nitrogen and oxygen atoms in total. The summed E-state index contributed by atoms with van der Waals surface area (Å²) >= 11 is 0. The number of hydrogen-bond acceptors (Lipinski definition) is 7. The summed E-state index contributed by atoms with van der Waals surface area (Å²) in [6.07, 6.45) is 6.56. The Morgan fingerprint density at radius 3 is 2.44 bits per heavy atom. The number of nitrogens with two attached hydrogens (primary N) is 1. The van der Waals surface area contributed by atoms with Gasteiger partial charge in [-0.2, -0.15) is 0 Å². The first-order valence-electron chi connectivity index (χ1n) is 13.9. The SMILES string of the molecule is COc1cc(C(=O)NC2CCN(CCCC(=O)N[C@H](C(=O)OC3CCCC3)c3ccccc3)CC2)ccc1N. The van der Waals surface area contributed by atoms with Crippen molar-refractivity contribution in [1.29, 1.82) is 0 Å². The monoisotopic (exact) mass is 536 g/mol. The van der Waals surface area contributed by atoms with Gasteiger partial charge in [0.05, 0.1) is 12.8 Å². The molecule has 1 saturated carbocycles. The number of nitrogens with zero attached hydrogens (tertiary/aromatic N) is 1. The normalized spacial score (nSPS) is 17.4. The molecule has 0 radical (unpaired) electrons. The molecule has 2 aliphatic rings. The standard InChI is InChI=1S/C30H40N4O5/c1-38-26-20-22(13-14-25(26)31)29(36)32-23-15-18-34(19-16-23)17-7-12-27(35)33-28(21-8-3-2-4-9-21)30(37)39-24-10-5-6-11-24/h2-4,8-9,13-14,20,23-24,28H,5-7,10-12,15-19,31H2,1H3,(H,32,36)(H,33,35)/t28-/m0/s1. The van der Waals surface area contributed by atoms with E-state index < -0.39 is 6.04 Å². The lowest BCUT2D eigenvalue weighted by molar-refractivity contribution is -0.153. The number of anilines is 1. The molecule has 2 amide bonds. The first-order valence-corrected chi connectivity index (χ1v) is 13.9. The largest absolute Gasteiger partial charge is 0.495 e. The lowest BCUT2D eigenvalue weighted by Gasteiger charge is -2.32. The number of nitrogens with one attached hydrogen (secondary N) is 2. The van der Waals surface area contributed by atoms with E-state index in [0.717, 1.165) is 63.7 Å². The van der Waals surface area contributed by atoms with Crippen LogP contribution >= 0.6 is 0 Å². The summed E-state index contributed by atoms with van der Waals surface area (Å²) in [6, 6.07) is 13.6. The second-order valence-electron chi connectivity index (χ2n) is 10.4. The van der Waals surface area contributed by atoms with Gasteiger partial charge in [0, 0.05) is 31.1 Å². The zero-order valence-electron chi connectivity index (χ0n) is 22.7. The van der Waals surface area contributed by atoms with Gasteiger partial charge in [0.2, 0.25) is 5.91 Å². The average molecular weight is 537 g/mol. The molecule has 1 heterocycles. The van der Waals surface area contributed by atoms with Crippen molar-refractivity contribution in [2.24, 2.45) is 0 Å². The zero-order chi connectivity index (χ0) is 27.6. The van der Waals surface area contributed by atoms with E-state index in [1.165, 1.54) is 7.11 Å². The summed E-state index contributed by atoms with van der Waals surface area (Å²) in [5.74, 6) is -0.193. The van der Waals surface area contributed by atoms with Crippen molar-refractivity contribution in [3.05, 3.63) is 59.7 Å². The van der Waals surface area contributed by atoms with E-state index >= 15 is 0 Å². The van der Waals surface area contributed by atoms with Crippen molar-refractivity contribution in [3.63, 3.8) is 0 Å². The number of carbonyl (C=O) groups is 3. The summed E-state index contributed by atoms with van der Waals surface area (Å²) < 4.78 is 10.9. The number of amides is 2. The van der Waals surface area contributed by atoms with E-state index in [1.54, 1.807) is 18.2 Å². The number of carbonyl (C=O) groups excluding carboxylic acids is 3. The van der Waals surface area contributed by atoms with E-state index in [4.69, 9.17) is 15.2 Å². The molecule has 0 spiro atoms. The van der Waals surface area contributed by atoms with Gasteiger partial charge in [-0.3, -0.25) is 9.59 Å². The Labute approximate surface area is 230 Å². The van der Waals surface area contributed by atoms with E-state index in [2.05, 4.69) is 15.5 Å². The van der Waals surface area contributed by atoms with E-state index in [0.29, 0.717) is 29.8 Å². The van der Waals surface area contributed by atoms with E-state index in [9.17, 15) is 14.4 Å². The van der Waals surface area contributed by atoms with E-state index in [-0.39, 0.29) is 29.9 Å². The summed E-state index contributed by atoms with van der Waals surface area (Å²) in [5.41, 5.74) is 7.59. The van der Waals surface area contributed by atoms with Crippen LogP contribution in [-0.2, 0) is 14.3 Å². The van der Waals surface area contributed by atoms with Gasteiger partial charge in [-0.25, -0.2) is 4.79 Å². The highest BCUT2D eigenvalue weighted by Crippen LogP contribution is 2.25. The molecule has 1 aliphatic carbocycles. The minimum atomic E-state index is -0.792. The maximum absolute atomic E-state index is 12.9. The van der Waals surface area contributed by atoms with Crippen LogP contribution in [0.4, 0.5) is 5.69 Å². The lowest BCUT2D eigenvalue weighted by atomic mass is 10.0. The van der Waals surface area contributed by atoms with Crippen LogP contribution in [0.5, 0.6) is 5.75 Å². The van der Waals surface area contributed by atoms with Crippen molar-refractivity contribution < 1.29 is 23.9 Å². The van der Waals surface area contributed by atoms with Crippen molar-refractivity contribution >= 4 is 23.5 Å². The molecule has 2 aromatic rings. The van der Waals surface area contributed by atoms with Crippen molar-refractivity contribution in [1.82, 2.24) is 15.5 Å². The minimum Gasteiger partial charge on any atom is -0.495 e. The molecule has 9 heteroatoms. The van der Waals surface area contributed by atoms with Crippen LogP contribution in [-0.4, -0.2) is 61.6 Å². The Hall–Kier alpha value is -3.59. The van der Waals surface area contributed by atoms with Gasteiger partial charge in [-0.1, -0.05) is 30.3 Å². The molecule has 0 aromatic heterocycles. The Balaban J connectivity index is 1.19. The van der Waals surface area contributed by atoms with Crippen LogP contribution in [0, 0.1) is 0 Å². The molecule has 1 aliphatic heterocycles. The van der Waals surface area contributed by atoms with Crippen LogP contribution in [0.1, 0.15) is 73.3 Å². The fraction of sp³-hybridized carbons (Fsp3) is 0.500. The van der Waals surface area contributed by atoms with Crippen molar-refractivity contribution in [2.45, 2.75) is 69.6 Å². The van der Waals surface area contributed by atoms with Gasteiger partial charge >= 0.3 is 5.97 Å². The summed E-state index contributed by atoms with van der Waals surface area (Å²) in [5, 5.41) is 6.01. The second kappa shape index (κ2) is 14.0. The topological polar surface area (TPSA) is 123 Å². The fourth-order valence-corrected chi connectivity index (χ4v) is 5.28. The van der Waals surface area contributed by atoms with Crippen LogP contribution in [0.3, 0.4) is 0 Å². The fourth-order valence-electron chi connectivity index (χ4n) is 5.28. The molecule has 210 valence electrons. The number of ether oxygens (including phenoxy) is 2. The predicted octanol–water partition coefficient (Wildman–Crippen LogP) is 3.60. The number of methoxy groups -OCH3 is 1. The number of hydrogen-bond donors (Lipinski definition) is 3. The average Bonchev–Trinajstić information content (AvgIpc) is 3.46. The third-order valence-corrected chi connectivity index (χ3v) is 7.56. The molecule has 2 aromatic carbocycles. The van der Waals surface area contributed by atoms with E-state index in [1.807, 2.05) is 30.3 Å². The number of esters is 1. The van der Waals surface area contributed by atoms with Gasteiger partial charge in [0.15, 0.2) is 6.04 Å². The molecule has 4 N–H and O–H groups in total. The first kappa shape index (κ1) is 28.4. The number of piperidine rings is 1. The van der Waals surface area contributed by atoms with Gasteiger partial charge in [0.25, 0.3) is 5.91 Å². The molecule has 1 saturated heterocycles. The smallest absolute Gasteiger partial charge is 0.333 e. The quantitative estimate of drug-likeness (QED) is 0.296. The lowest BCUT2D eigenvalue weighted by Crippen LogP contribution is -2.45. The van der Waals surface area contributed by atoms with Gasteiger partial charge in [0.1, 0.15) is 11.9 Å². The number of likely N-dealkylation sites (tertiary alicyclic amines) is 1. The highest BCUT2D eigenvalue weighted by atomic mass is 16.5. The molecule has 39 heavy (non-hydrogen) atoms. The van der Waals surface area contributed by atoms with Crippen molar-refractivity contribution in [3.8, 4) is 5.75 Å². The number of benzene rings is 2. The summed E-state index contributed by atoms with van der Waals surface area (Å²) in [4.78, 5) is 40.7. The maximum atomic E-state index is 12.9. The van der Waals surface area contributed by atoms with Gasteiger partial charge in [-0.15, -0.1) is 0 Å². The third-order valence-electron chi connectivity index (χ3n) is 7.56. The molecule has 0 unspecified atom stereocenters. The second-order valence-corrected chi connectivity index (χ2v) is 10.4. The Kier molecular flexibility index (Phi) is 10.2. The van der Waals surface area contributed by atoms with Crippen LogP contribution in [0.15, 0.2) is 48.5 Å². The predicted molar refractivity (Wildman–Crippen MR) is 149 cm³/mol. The minimum absolute atomic E-state index is 0.0531. The highest BCUT2D eigenvalue weighted by molar-refractivity contribution is 5.95. The van der Waals surface area contributed by atoms with Crippen molar-refractivity contribution in [2.75, 3.05) is 32.5 Å². The first-order chi connectivity index (χ1) is 18.9. The molecular weight excluding hydrogens is 496 g/mol. The van der Waals surface area contributed by atoms with Gasteiger partial charge in [-0.05, 0) is 75.3 Å². The molecule has 4 rings (SSSR count). The highest BCUT2D eigenvalue weighted by Gasteiger charge is 2.28. The zero-order valence-corrected chi connectivity index (χ0v) is 22.7. The molecular formula is C30H40N4O5. The number of nitrogen functional groups attached to an aromatic ring is 1. The van der Waals surface area contributed by atoms with Gasteiger partial charge < -0.3 is 30.7 Å². The third kappa shape index (κ3) is 8.20. The number of rotatable bonds is 11. The molecule has 2 fully saturated rings. The summed E-state index contributed by atoms with van der Waals surface area (Å²) in [6.45, 7) is 2.47. The molecule has 1 atom stereocenters. The Morgan fingerprint density at radius 2 is 1.74 bits per heavy atom. The molecule has 0 bridgehead atoms. The summed E-state index contributed by atoms with van der Waals surface area (Å²) in [7, 11) is 1.53. The Morgan fingerprint density at radius 1 is 1.03 bits per heavy atom. The van der Waals surface area contributed by atoms with Crippen LogP contribution in [0.25, 0.3) is 0 Å². The maximum Gasteiger partial charge on any atom is 0.333 e. The van der Waals surface area contributed by atoms with Crippen LogP contribution in [0.2, 0.25) is 0 Å². The Bertz CT molecular complexity index is 1110. The van der Waals surface area contributed by atoms with Crippen LogP contribution < -0.4 is 21.1 Å².